The average Bonchev–Trinajstić information content (AvgIpc) is 2.98. The molecule has 0 radical (unpaired) electrons. The highest BCUT2D eigenvalue weighted by atomic mass is 19.1. The largest absolute Gasteiger partial charge is 0.211 e. The van der Waals surface area contributed by atoms with Crippen LogP contribution in [-0.2, 0) is 6.42 Å². The van der Waals surface area contributed by atoms with Gasteiger partial charge in [-0.05, 0) is 105 Å². The van der Waals surface area contributed by atoms with E-state index in [9.17, 15) is 8.78 Å². The minimum atomic E-state index is -0.365. The van der Waals surface area contributed by atoms with E-state index in [1.54, 1.807) is 6.08 Å². The molecule has 0 aromatic heterocycles. The highest BCUT2D eigenvalue weighted by Crippen LogP contribution is 2.47. The first kappa shape index (κ1) is 21.0. The Balaban J connectivity index is 1.91. The zero-order valence-corrected chi connectivity index (χ0v) is 18.1. The monoisotopic (exact) mass is 384 g/mol. The molecule has 152 valence electrons. The van der Waals surface area contributed by atoms with Gasteiger partial charge in [-0.1, -0.05) is 32.1 Å². The predicted molar refractivity (Wildman–Crippen MR) is 115 cm³/mol. The second-order valence-electron chi connectivity index (χ2n) is 8.91. The van der Waals surface area contributed by atoms with Crippen molar-refractivity contribution in [2.24, 2.45) is 11.8 Å². The lowest BCUT2D eigenvalue weighted by Crippen LogP contribution is -2.12. The highest BCUT2D eigenvalue weighted by molar-refractivity contribution is 5.48. The smallest absolute Gasteiger partial charge is 0.125 e. The van der Waals surface area contributed by atoms with Crippen molar-refractivity contribution in [2.45, 2.75) is 79.1 Å². The van der Waals surface area contributed by atoms with Crippen LogP contribution in [0.5, 0.6) is 0 Å². The summed E-state index contributed by atoms with van der Waals surface area (Å²) in [5, 5.41) is 0. The Labute approximate surface area is 169 Å². The number of allylic oxidation sites excluding steroid dienone is 5. The van der Waals surface area contributed by atoms with E-state index in [-0.39, 0.29) is 23.1 Å². The molecule has 2 heteroatoms. The van der Waals surface area contributed by atoms with Gasteiger partial charge in [0.2, 0.25) is 0 Å². The van der Waals surface area contributed by atoms with Gasteiger partial charge in [-0.25, -0.2) is 8.78 Å². The fourth-order valence-electron chi connectivity index (χ4n) is 5.35. The summed E-state index contributed by atoms with van der Waals surface area (Å²) in [4.78, 5) is 0. The number of aryl methyl sites for hydroxylation is 2. The van der Waals surface area contributed by atoms with Gasteiger partial charge in [0.05, 0.1) is 0 Å². The second kappa shape index (κ2) is 8.35. The van der Waals surface area contributed by atoms with E-state index in [1.807, 2.05) is 6.92 Å². The third-order valence-electron chi connectivity index (χ3n) is 7.06. The third-order valence-corrected chi connectivity index (χ3v) is 7.06. The van der Waals surface area contributed by atoms with Gasteiger partial charge >= 0.3 is 0 Å². The Kier molecular flexibility index (Phi) is 6.27. The Morgan fingerprint density at radius 1 is 1.11 bits per heavy atom. The normalized spacial score (nSPS) is 25.5. The van der Waals surface area contributed by atoms with Gasteiger partial charge in [0, 0.05) is 12.0 Å². The zero-order valence-electron chi connectivity index (χ0n) is 18.1. The fraction of sp³-hybridized carbons (Fsp3) is 0.538. The van der Waals surface area contributed by atoms with Crippen LogP contribution in [0.3, 0.4) is 0 Å². The molecule has 0 heterocycles. The van der Waals surface area contributed by atoms with Crippen LogP contribution >= 0.6 is 0 Å². The zero-order chi connectivity index (χ0) is 20.6. The van der Waals surface area contributed by atoms with E-state index in [2.05, 4.69) is 40.3 Å². The summed E-state index contributed by atoms with van der Waals surface area (Å²) in [6.45, 7) is 15.0. The lowest BCUT2D eigenvalue weighted by atomic mass is 9.78. The first-order valence-corrected chi connectivity index (χ1v) is 10.8. The minimum Gasteiger partial charge on any atom is -0.211 e. The van der Waals surface area contributed by atoms with Gasteiger partial charge in [0.15, 0.2) is 0 Å². The van der Waals surface area contributed by atoms with E-state index in [0.29, 0.717) is 31.1 Å². The predicted octanol–water partition coefficient (Wildman–Crippen LogP) is 8.12. The van der Waals surface area contributed by atoms with Crippen LogP contribution in [0.1, 0.15) is 79.7 Å². The summed E-state index contributed by atoms with van der Waals surface area (Å²) in [5.74, 6) is 0.385. The maximum atomic E-state index is 14.3. The van der Waals surface area contributed by atoms with Crippen molar-refractivity contribution in [3.05, 3.63) is 69.3 Å². The molecule has 0 aliphatic heterocycles. The summed E-state index contributed by atoms with van der Waals surface area (Å²) >= 11 is 0. The number of hydrogen-bond donors (Lipinski definition) is 0. The van der Waals surface area contributed by atoms with Crippen LogP contribution < -0.4 is 0 Å². The second-order valence-corrected chi connectivity index (χ2v) is 8.91. The van der Waals surface area contributed by atoms with Crippen LogP contribution in [0.15, 0.2) is 41.5 Å². The van der Waals surface area contributed by atoms with Crippen molar-refractivity contribution in [3.8, 4) is 0 Å². The molecule has 1 aromatic rings. The Bertz CT molecular complexity index is 840. The first-order valence-electron chi connectivity index (χ1n) is 10.8. The maximum absolute atomic E-state index is 14.3. The summed E-state index contributed by atoms with van der Waals surface area (Å²) < 4.78 is 28.7. The molecule has 0 N–H and O–H groups in total. The van der Waals surface area contributed by atoms with E-state index < -0.39 is 0 Å². The standard InChI is InChI=1S/C26H34F2/c1-7-21-16(3)8-10-22(21)26-18(5)17(4)14-20(19(26)6)9-11-23-24(27)12-15(2)13-25(23)28/h12,14-15,21-22H,3,7-11,13H2,1-2,4-6H3/t15?,21-,22+/m0/s1. The molecule has 0 nitrogen and oxygen atoms in total. The van der Waals surface area contributed by atoms with Crippen LogP contribution in [0.2, 0.25) is 0 Å². The van der Waals surface area contributed by atoms with Gasteiger partial charge < -0.3 is 0 Å². The average molecular weight is 385 g/mol. The van der Waals surface area contributed by atoms with Crippen LogP contribution in [0.4, 0.5) is 8.78 Å². The topological polar surface area (TPSA) is 0 Å². The van der Waals surface area contributed by atoms with Crippen molar-refractivity contribution in [3.63, 3.8) is 0 Å². The number of hydrogen-bond acceptors (Lipinski definition) is 0. The van der Waals surface area contributed by atoms with Crippen LogP contribution in [0, 0.1) is 32.6 Å². The van der Waals surface area contributed by atoms with Crippen molar-refractivity contribution in [1.82, 2.24) is 0 Å². The van der Waals surface area contributed by atoms with Crippen LogP contribution in [-0.4, -0.2) is 0 Å². The molecule has 1 aromatic carbocycles. The van der Waals surface area contributed by atoms with Crippen molar-refractivity contribution in [2.75, 3.05) is 0 Å². The third kappa shape index (κ3) is 3.88. The summed E-state index contributed by atoms with van der Waals surface area (Å²) in [7, 11) is 0. The lowest BCUT2D eigenvalue weighted by Gasteiger charge is -2.26. The van der Waals surface area contributed by atoms with E-state index in [1.165, 1.54) is 33.4 Å². The van der Waals surface area contributed by atoms with Gasteiger partial charge in [0.25, 0.3) is 0 Å². The highest BCUT2D eigenvalue weighted by Gasteiger charge is 2.33. The molecule has 3 atom stereocenters. The van der Waals surface area contributed by atoms with Gasteiger partial charge in [0.1, 0.15) is 11.7 Å². The Hall–Kier alpha value is -1.70. The summed E-state index contributed by atoms with van der Waals surface area (Å²) in [6.07, 6.45) is 6.39. The van der Waals surface area contributed by atoms with E-state index in [4.69, 9.17) is 0 Å². The molecule has 0 spiro atoms. The molecule has 1 fully saturated rings. The summed E-state index contributed by atoms with van der Waals surface area (Å²) in [6, 6.07) is 2.23. The SMILES string of the molecule is C=C1CC[C@@H](c2c(C)c(C)cc(CCC3=C(F)CC(C)C=C3F)c2C)[C@H]1CC. The molecule has 2 aliphatic rings. The molecular formula is C26H34F2. The van der Waals surface area contributed by atoms with E-state index in [0.717, 1.165) is 19.3 Å². The Morgan fingerprint density at radius 3 is 2.46 bits per heavy atom. The van der Waals surface area contributed by atoms with Crippen molar-refractivity contribution < 1.29 is 8.78 Å². The molecule has 1 unspecified atom stereocenters. The molecular weight excluding hydrogens is 350 g/mol. The molecule has 3 rings (SSSR count). The molecule has 28 heavy (non-hydrogen) atoms. The number of benzene rings is 1. The van der Waals surface area contributed by atoms with Crippen molar-refractivity contribution >= 4 is 0 Å². The molecule has 0 bridgehead atoms. The molecule has 2 aliphatic carbocycles. The van der Waals surface area contributed by atoms with Gasteiger partial charge in [-0.15, -0.1) is 0 Å². The van der Waals surface area contributed by atoms with E-state index >= 15 is 0 Å². The quantitative estimate of drug-likeness (QED) is 0.450. The number of rotatable bonds is 5. The summed E-state index contributed by atoms with van der Waals surface area (Å²) in [5.41, 5.74) is 8.33. The first-order chi connectivity index (χ1) is 13.2. The van der Waals surface area contributed by atoms with Gasteiger partial charge in [-0.2, -0.15) is 0 Å². The molecule has 0 amide bonds. The van der Waals surface area contributed by atoms with Gasteiger partial charge in [-0.3, -0.25) is 0 Å². The lowest BCUT2D eigenvalue weighted by molar-refractivity contribution is 0.485. The van der Waals surface area contributed by atoms with Crippen LogP contribution in [0.25, 0.3) is 0 Å². The maximum Gasteiger partial charge on any atom is 0.125 e. The molecule has 0 saturated heterocycles. The minimum absolute atomic E-state index is 0.0554. The Morgan fingerprint density at radius 2 is 1.82 bits per heavy atom. The van der Waals surface area contributed by atoms with Crippen molar-refractivity contribution in [1.29, 1.82) is 0 Å². The number of halogens is 2. The molecule has 1 saturated carbocycles. The fourth-order valence-corrected chi connectivity index (χ4v) is 5.35.